The van der Waals surface area contributed by atoms with E-state index in [1.165, 1.54) is 0 Å². The summed E-state index contributed by atoms with van der Waals surface area (Å²) in [5.41, 5.74) is 4.81. The van der Waals surface area contributed by atoms with Gasteiger partial charge >= 0.3 is 39.0 Å². The molecule has 0 saturated carbocycles. The van der Waals surface area contributed by atoms with Crippen LogP contribution < -0.4 is 25.7 Å². The summed E-state index contributed by atoms with van der Waals surface area (Å²) in [6.07, 6.45) is 0.769. The van der Waals surface area contributed by atoms with Crippen molar-refractivity contribution >= 4 is 19.8 Å². The summed E-state index contributed by atoms with van der Waals surface area (Å²) in [6, 6.07) is 0. The Morgan fingerprint density at radius 3 is 1.56 bits per heavy atom. The van der Waals surface area contributed by atoms with Crippen molar-refractivity contribution in [3.05, 3.63) is 12.2 Å². The average molecular weight is 384 g/mol. The molecule has 0 aliphatic carbocycles. The summed E-state index contributed by atoms with van der Waals surface area (Å²) in [7, 11) is -4.76. The molecule has 0 aliphatic heterocycles. The van der Waals surface area contributed by atoms with Gasteiger partial charge in [0.15, 0.2) is 0 Å². The number of carbonyl (C=O) groups is 2. The average Bonchev–Trinajstić information content (AvgIpc) is 2.11. The van der Waals surface area contributed by atoms with Crippen LogP contribution in [0.25, 0.3) is 0 Å². The first kappa shape index (κ1) is 26.5. The van der Waals surface area contributed by atoms with E-state index in [4.69, 9.17) is 5.73 Å². The Kier molecular flexibility index (Phi) is 22.2. The van der Waals surface area contributed by atoms with Gasteiger partial charge in [-0.25, -0.2) is 0 Å². The zero-order valence-corrected chi connectivity index (χ0v) is 16.1. The second-order valence-electron chi connectivity index (χ2n) is 2.04. The summed E-state index contributed by atoms with van der Waals surface area (Å²) in [5, 5.41) is 18.8. The number of carbonyl (C=O) groups excluding carboxylic acids is 2. The maximum absolute atomic E-state index is 9.58. The van der Waals surface area contributed by atoms with Crippen molar-refractivity contribution in [1.82, 2.24) is 0 Å². The van der Waals surface area contributed by atoms with E-state index in [2.05, 4.69) is 4.52 Å². The van der Waals surface area contributed by atoms with Gasteiger partial charge in [-0.15, -0.1) is 0 Å². The van der Waals surface area contributed by atoms with Crippen molar-refractivity contribution in [3.63, 3.8) is 0 Å². The summed E-state index contributed by atoms with van der Waals surface area (Å²) in [5.74, 6) is -3.09. The monoisotopic (exact) mass is 381 g/mol. The number of carboxylic acids is 2. The fourth-order valence-electron chi connectivity index (χ4n) is 0.301. The predicted molar refractivity (Wildman–Crippen MR) is 41.8 cm³/mol. The summed E-state index contributed by atoms with van der Waals surface area (Å²) < 4.78 is 13.3. The van der Waals surface area contributed by atoms with E-state index in [1.54, 1.807) is 0 Å². The number of hydrogen-bond donors (Lipinski definition) is 1. The Morgan fingerprint density at radius 1 is 1.11 bits per heavy atom. The number of nitrogens with two attached hydrogens (primary N) is 1. The van der Waals surface area contributed by atoms with Crippen molar-refractivity contribution < 1.29 is 77.6 Å². The van der Waals surface area contributed by atoms with Gasteiger partial charge in [0.1, 0.15) is 0 Å². The molecular weight excluding hydrogens is 376 g/mol. The Balaban J connectivity index is -0.0000000980. The Bertz CT molecular complexity index is 288. The summed E-state index contributed by atoms with van der Waals surface area (Å²) in [4.78, 5) is 38.0. The second-order valence-corrected chi connectivity index (χ2v) is 3.19. The molecule has 12 heteroatoms. The first-order valence-corrected chi connectivity index (χ1v) is 5.11. The minimum absolute atomic E-state index is 0. The van der Waals surface area contributed by atoms with E-state index in [9.17, 15) is 34.2 Å². The van der Waals surface area contributed by atoms with Gasteiger partial charge in [0.05, 0.1) is 26.4 Å². The molecular formula is C6H8NO8PZn2. The number of rotatable bonds is 5. The minimum atomic E-state index is -4.76. The van der Waals surface area contributed by atoms with Gasteiger partial charge in [0, 0.05) is 6.54 Å². The zero-order valence-electron chi connectivity index (χ0n) is 9.27. The van der Waals surface area contributed by atoms with Crippen molar-refractivity contribution in [2.45, 2.75) is 0 Å². The number of hydrogen-bond acceptors (Lipinski definition) is 9. The number of phosphoric acid groups is 1. The van der Waals surface area contributed by atoms with Crippen LogP contribution in [0.5, 0.6) is 0 Å². The standard InChI is InChI=1S/C4H4O4.C2H8NO4P.2Zn/c5-3(6)1-2-4(7)8;3-1-2-7-8(4,5)6;;/h1-2H,(H,5,6)(H,7,8);1-3H2,(H2,4,5,6);;/q;;2*+2/p-4. The fraction of sp³-hybridized carbons (Fsp3) is 0.333. The largest absolute Gasteiger partial charge is 2.00 e. The van der Waals surface area contributed by atoms with Gasteiger partial charge in [0.25, 0.3) is 0 Å². The van der Waals surface area contributed by atoms with Crippen molar-refractivity contribution in [2.24, 2.45) is 5.73 Å². The van der Waals surface area contributed by atoms with Crippen molar-refractivity contribution in [3.8, 4) is 0 Å². The van der Waals surface area contributed by atoms with E-state index >= 15 is 0 Å². The molecule has 2 N–H and O–H groups in total. The smallest absolute Gasteiger partial charge is 0.790 e. The van der Waals surface area contributed by atoms with Crippen LogP contribution in [0.1, 0.15) is 0 Å². The minimum Gasteiger partial charge on any atom is -0.790 e. The molecule has 0 aromatic heterocycles. The molecule has 0 radical (unpaired) electrons. The van der Waals surface area contributed by atoms with Crippen LogP contribution in [-0.4, -0.2) is 25.1 Å². The summed E-state index contributed by atoms with van der Waals surface area (Å²) in [6.45, 7) is -0.196. The van der Waals surface area contributed by atoms with Gasteiger partial charge < -0.3 is 44.4 Å². The number of phosphoric ester groups is 1. The predicted octanol–water partition coefficient (Wildman–Crippen LogP) is -5.17. The van der Waals surface area contributed by atoms with E-state index in [0.717, 1.165) is 0 Å². The second kappa shape index (κ2) is 15.1. The molecule has 0 aromatic rings. The molecule has 0 unspecified atom stereocenters. The molecule has 94 valence electrons. The molecule has 0 atom stereocenters. The van der Waals surface area contributed by atoms with Crippen molar-refractivity contribution in [1.29, 1.82) is 0 Å². The first-order valence-electron chi connectivity index (χ1n) is 3.65. The first-order chi connectivity index (χ1) is 7.19. The third-order valence-electron chi connectivity index (χ3n) is 0.723. The molecule has 0 aliphatic rings. The van der Waals surface area contributed by atoms with Crippen molar-refractivity contribution in [2.75, 3.05) is 13.2 Å². The van der Waals surface area contributed by atoms with Crippen LogP contribution in [0.3, 0.4) is 0 Å². The molecule has 0 aromatic carbocycles. The van der Waals surface area contributed by atoms with Crippen LogP contribution >= 0.6 is 7.82 Å². The normalized spacial score (nSPS) is 9.50. The number of carboxylic acid groups (broad SMARTS) is 2. The topological polar surface area (TPSA) is 179 Å². The molecule has 0 heterocycles. The van der Waals surface area contributed by atoms with E-state index < -0.39 is 19.8 Å². The van der Waals surface area contributed by atoms with E-state index in [-0.39, 0.29) is 52.1 Å². The van der Waals surface area contributed by atoms with Crippen LogP contribution in [0, 0.1) is 0 Å². The molecule has 0 bridgehead atoms. The molecule has 18 heavy (non-hydrogen) atoms. The molecule has 0 saturated heterocycles. The van der Waals surface area contributed by atoms with Gasteiger partial charge in [-0.3, -0.25) is 0 Å². The third kappa shape index (κ3) is 36.0. The molecule has 0 fully saturated rings. The van der Waals surface area contributed by atoms with Crippen LogP contribution in [0.4, 0.5) is 0 Å². The van der Waals surface area contributed by atoms with Crippen LogP contribution in [0.15, 0.2) is 12.2 Å². The molecule has 9 nitrogen and oxygen atoms in total. The summed E-state index contributed by atoms with van der Waals surface area (Å²) >= 11 is 0. The molecule has 0 spiro atoms. The van der Waals surface area contributed by atoms with Gasteiger partial charge in [-0.2, -0.15) is 0 Å². The molecule has 0 amide bonds. The zero-order chi connectivity index (χ0) is 13.2. The third-order valence-corrected chi connectivity index (χ3v) is 1.22. The maximum atomic E-state index is 9.58. The quantitative estimate of drug-likeness (QED) is 0.276. The fourth-order valence-corrected chi connectivity index (χ4v) is 0.630. The Morgan fingerprint density at radius 2 is 1.44 bits per heavy atom. The van der Waals surface area contributed by atoms with Crippen LogP contribution in [-0.2, 0) is 57.6 Å². The van der Waals surface area contributed by atoms with Gasteiger partial charge in [-0.1, -0.05) is 0 Å². The van der Waals surface area contributed by atoms with E-state index in [0.29, 0.717) is 12.2 Å². The van der Waals surface area contributed by atoms with E-state index in [1.807, 2.05) is 0 Å². The Labute approximate surface area is 128 Å². The SMILES string of the molecule is NCCOP(=O)([O-])[O-].O=C([O-])C=CC(=O)[O-].[Zn+2].[Zn+2]. The van der Waals surface area contributed by atoms with Crippen LogP contribution in [0.2, 0.25) is 0 Å². The maximum Gasteiger partial charge on any atom is 2.00 e. The Hall–Kier alpha value is -0.00325. The van der Waals surface area contributed by atoms with Gasteiger partial charge in [-0.05, 0) is 12.2 Å². The van der Waals surface area contributed by atoms with Gasteiger partial charge in [0.2, 0.25) is 0 Å². The molecule has 0 rings (SSSR count). The number of aliphatic carboxylic acids is 2.